The first-order chi connectivity index (χ1) is 10.5. The van der Waals surface area contributed by atoms with E-state index in [2.05, 4.69) is 20.3 Å². The van der Waals surface area contributed by atoms with E-state index in [4.69, 9.17) is 0 Å². The van der Waals surface area contributed by atoms with Crippen LogP contribution in [0.4, 0.5) is 0 Å². The number of rotatable bonds is 3. The number of hydrogen-bond donors (Lipinski definition) is 1. The number of amides is 1. The summed E-state index contributed by atoms with van der Waals surface area (Å²) in [5.74, 6) is -0.978. The zero-order valence-electron chi connectivity index (χ0n) is 12.4. The fraction of sp³-hybridized carbons (Fsp3) is 0.200. The monoisotopic (exact) mass is 317 g/mol. The van der Waals surface area contributed by atoms with E-state index in [-0.39, 0.29) is 4.91 Å². The number of hydrogen-bond acceptors (Lipinski definition) is 6. The summed E-state index contributed by atoms with van der Waals surface area (Å²) in [6.07, 6.45) is 2.75. The maximum atomic E-state index is 11.6. The van der Waals surface area contributed by atoms with Gasteiger partial charge in [-0.15, -0.1) is 5.10 Å². The van der Waals surface area contributed by atoms with Crippen LogP contribution in [-0.2, 0) is 14.3 Å². The molecule has 1 heterocycles. The van der Waals surface area contributed by atoms with Crippen LogP contribution in [0.1, 0.15) is 16.7 Å². The van der Waals surface area contributed by atoms with Crippen molar-refractivity contribution in [2.24, 2.45) is 10.2 Å². The van der Waals surface area contributed by atoms with Crippen molar-refractivity contribution >= 4 is 35.0 Å². The zero-order valence-corrected chi connectivity index (χ0v) is 13.2. The lowest BCUT2D eigenvalue weighted by Gasteiger charge is -1.99. The first-order valence-electron chi connectivity index (χ1n) is 6.46. The summed E-state index contributed by atoms with van der Waals surface area (Å²) in [6, 6.07) is 6.03. The van der Waals surface area contributed by atoms with Crippen molar-refractivity contribution in [1.29, 1.82) is 0 Å². The number of methoxy groups -OCH3 is 1. The molecule has 0 atom stereocenters. The van der Waals surface area contributed by atoms with Gasteiger partial charge in [-0.1, -0.05) is 23.8 Å². The molecule has 0 aromatic heterocycles. The van der Waals surface area contributed by atoms with Crippen LogP contribution >= 0.6 is 11.8 Å². The van der Waals surface area contributed by atoms with Crippen molar-refractivity contribution < 1.29 is 14.3 Å². The molecule has 0 bridgehead atoms. The third kappa shape index (κ3) is 4.05. The molecule has 2 rings (SSSR count). The molecule has 114 valence electrons. The molecule has 1 saturated heterocycles. The molecule has 0 aliphatic carbocycles. The Morgan fingerprint density at radius 3 is 2.86 bits per heavy atom. The quantitative estimate of drug-likeness (QED) is 0.400. The second kappa shape index (κ2) is 7.04. The molecular formula is C15H15N3O3S. The van der Waals surface area contributed by atoms with Crippen LogP contribution in [0, 0.1) is 13.8 Å². The molecule has 1 aromatic rings. The minimum absolute atomic E-state index is 0.229. The van der Waals surface area contributed by atoms with Gasteiger partial charge >= 0.3 is 5.97 Å². The maximum absolute atomic E-state index is 11.6. The Labute approximate surface area is 132 Å². The van der Waals surface area contributed by atoms with E-state index in [9.17, 15) is 9.59 Å². The van der Waals surface area contributed by atoms with Crippen LogP contribution < -0.4 is 5.32 Å². The molecule has 22 heavy (non-hydrogen) atoms. The van der Waals surface area contributed by atoms with E-state index in [1.54, 1.807) is 6.21 Å². The van der Waals surface area contributed by atoms with Gasteiger partial charge in [0.15, 0.2) is 5.17 Å². The molecule has 1 N–H and O–H groups in total. The van der Waals surface area contributed by atoms with Crippen molar-refractivity contribution in [2.75, 3.05) is 7.11 Å². The van der Waals surface area contributed by atoms with Crippen molar-refractivity contribution in [1.82, 2.24) is 5.32 Å². The van der Waals surface area contributed by atoms with Crippen LogP contribution in [0.2, 0.25) is 0 Å². The number of thioether (sulfide) groups is 1. The second-order valence-electron chi connectivity index (χ2n) is 4.60. The summed E-state index contributed by atoms with van der Waals surface area (Å²) in [5, 5.41) is 10.8. The number of nitrogens with zero attached hydrogens (tertiary/aromatic N) is 2. The van der Waals surface area contributed by atoms with Gasteiger partial charge in [-0.2, -0.15) is 5.10 Å². The van der Waals surface area contributed by atoms with E-state index in [0.29, 0.717) is 5.17 Å². The first-order valence-corrected chi connectivity index (χ1v) is 7.28. The molecule has 1 fully saturated rings. The largest absolute Gasteiger partial charge is 0.466 e. The third-order valence-electron chi connectivity index (χ3n) is 2.88. The van der Waals surface area contributed by atoms with Gasteiger partial charge in [-0.25, -0.2) is 4.79 Å². The van der Waals surface area contributed by atoms with E-state index in [1.165, 1.54) is 7.11 Å². The third-order valence-corrected chi connectivity index (χ3v) is 3.78. The number of benzene rings is 1. The van der Waals surface area contributed by atoms with Crippen LogP contribution in [-0.4, -0.2) is 30.4 Å². The second-order valence-corrected chi connectivity index (χ2v) is 5.63. The SMILES string of the molecule is COC(=O)/C=C1/S/C(=N\N=Cc2cc(C)ccc2C)NC1=O. The average Bonchev–Trinajstić information content (AvgIpc) is 2.82. The Kier molecular flexibility index (Phi) is 5.11. The summed E-state index contributed by atoms with van der Waals surface area (Å²) in [6.45, 7) is 3.98. The summed E-state index contributed by atoms with van der Waals surface area (Å²) < 4.78 is 4.48. The Hall–Kier alpha value is -2.41. The number of esters is 1. The van der Waals surface area contributed by atoms with Crippen molar-refractivity contribution in [3.63, 3.8) is 0 Å². The highest BCUT2D eigenvalue weighted by Crippen LogP contribution is 2.23. The maximum Gasteiger partial charge on any atom is 0.331 e. The van der Waals surface area contributed by atoms with Gasteiger partial charge in [0, 0.05) is 6.08 Å². The highest BCUT2D eigenvalue weighted by molar-refractivity contribution is 8.18. The molecule has 7 heteroatoms. The van der Waals surface area contributed by atoms with Crippen molar-refractivity contribution in [3.8, 4) is 0 Å². The Morgan fingerprint density at radius 1 is 1.36 bits per heavy atom. The normalized spacial score (nSPS) is 18.2. The zero-order chi connectivity index (χ0) is 16.1. The number of carbonyl (C=O) groups excluding carboxylic acids is 2. The standard InChI is InChI=1S/C15H15N3O3S/c1-9-4-5-10(2)11(6-9)8-16-18-15-17-14(20)12(22-15)7-13(19)21-3/h4-8H,1-3H3,(H,17,18,20)/b12-7+,16-8?. The fourth-order valence-electron chi connectivity index (χ4n) is 1.68. The van der Waals surface area contributed by atoms with Crippen LogP contribution in [0.15, 0.2) is 39.4 Å². The minimum Gasteiger partial charge on any atom is -0.466 e. The average molecular weight is 317 g/mol. The van der Waals surface area contributed by atoms with E-state index in [1.807, 2.05) is 32.0 Å². The van der Waals surface area contributed by atoms with Crippen LogP contribution in [0.3, 0.4) is 0 Å². The topological polar surface area (TPSA) is 80.1 Å². The van der Waals surface area contributed by atoms with E-state index in [0.717, 1.165) is 34.5 Å². The van der Waals surface area contributed by atoms with Gasteiger partial charge in [0.2, 0.25) is 0 Å². The van der Waals surface area contributed by atoms with Crippen molar-refractivity contribution in [3.05, 3.63) is 45.9 Å². The minimum atomic E-state index is -0.585. The van der Waals surface area contributed by atoms with Crippen LogP contribution in [0.5, 0.6) is 0 Å². The summed E-state index contributed by atoms with van der Waals surface area (Å²) in [7, 11) is 1.25. The van der Waals surface area contributed by atoms with E-state index >= 15 is 0 Å². The van der Waals surface area contributed by atoms with Crippen molar-refractivity contribution in [2.45, 2.75) is 13.8 Å². The van der Waals surface area contributed by atoms with Gasteiger partial charge < -0.3 is 4.74 Å². The summed E-state index contributed by atoms with van der Waals surface area (Å²) >= 11 is 1.04. The molecule has 0 saturated carbocycles. The van der Waals surface area contributed by atoms with Gasteiger partial charge in [0.25, 0.3) is 5.91 Å². The highest BCUT2D eigenvalue weighted by Gasteiger charge is 2.24. The van der Waals surface area contributed by atoms with Gasteiger partial charge in [0.1, 0.15) is 0 Å². The number of aryl methyl sites for hydroxylation is 2. The lowest BCUT2D eigenvalue weighted by Crippen LogP contribution is -2.19. The highest BCUT2D eigenvalue weighted by atomic mass is 32.2. The first kappa shape index (κ1) is 16.0. The summed E-state index contributed by atoms with van der Waals surface area (Å²) in [4.78, 5) is 23.0. The van der Waals surface area contributed by atoms with Crippen LogP contribution in [0.25, 0.3) is 0 Å². The predicted molar refractivity (Wildman–Crippen MR) is 86.8 cm³/mol. The molecule has 0 radical (unpaired) electrons. The smallest absolute Gasteiger partial charge is 0.331 e. The predicted octanol–water partition coefficient (Wildman–Crippen LogP) is 1.91. The number of ether oxygens (including phenoxy) is 1. The number of amidine groups is 1. The molecule has 1 amide bonds. The van der Waals surface area contributed by atoms with Gasteiger partial charge in [-0.05, 0) is 36.7 Å². The Morgan fingerprint density at radius 2 is 2.14 bits per heavy atom. The molecule has 1 aliphatic heterocycles. The molecule has 0 spiro atoms. The fourth-order valence-corrected chi connectivity index (χ4v) is 2.42. The number of nitrogens with one attached hydrogen (secondary N) is 1. The van der Waals surface area contributed by atoms with Gasteiger partial charge in [-0.3, -0.25) is 10.1 Å². The lowest BCUT2D eigenvalue weighted by atomic mass is 10.1. The van der Waals surface area contributed by atoms with E-state index < -0.39 is 11.9 Å². The molecule has 1 aliphatic rings. The molecular weight excluding hydrogens is 302 g/mol. The van der Waals surface area contributed by atoms with Gasteiger partial charge in [0.05, 0.1) is 18.2 Å². The number of carbonyl (C=O) groups is 2. The molecule has 6 nitrogen and oxygen atoms in total. The Balaban J connectivity index is 2.10. The molecule has 0 unspecified atom stereocenters. The Bertz CT molecular complexity index is 708. The lowest BCUT2D eigenvalue weighted by molar-refractivity contribution is -0.135. The summed E-state index contributed by atoms with van der Waals surface area (Å²) in [5.41, 5.74) is 3.18. The molecule has 1 aromatic carbocycles.